The third-order valence-electron chi connectivity index (χ3n) is 2.62. The number of pyridine rings is 1. The summed E-state index contributed by atoms with van der Waals surface area (Å²) < 4.78 is 53.2. The first-order chi connectivity index (χ1) is 8.68. The number of hydrogen-bond acceptors (Lipinski definition) is 4. The molecule has 0 saturated heterocycles. The Morgan fingerprint density at radius 2 is 2.11 bits per heavy atom. The standard InChI is InChI=1S/C11H14F3N3OS/c1-8(19(3,18)17-7-15-2)9-4-5-10(16-6-9)11(12,13)14/h4-6,8H,2,7H2,1,3H3/t8-,19?/m1/s1. The van der Waals surface area contributed by atoms with Crippen molar-refractivity contribution in [3.8, 4) is 0 Å². The van der Waals surface area contributed by atoms with Crippen molar-refractivity contribution < 1.29 is 17.4 Å². The molecule has 0 radical (unpaired) electrons. The third-order valence-corrected chi connectivity index (χ3v) is 4.83. The van der Waals surface area contributed by atoms with Crippen molar-refractivity contribution in [1.29, 1.82) is 0 Å². The second-order valence-electron chi connectivity index (χ2n) is 3.97. The highest BCUT2D eigenvalue weighted by molar-refractivity contribution is 7.93. The van der Waals surface area contributed by atoms with E-state index in [-0.39, 0.29) is 6.67 Å². The summed E-state index contributed by atoms with van der Waals surface area (Å²) in [6, 6.07) is 2.13. The van der Waals surface area contributed by atoms with E-state index in [0.29, 0.717) is 5.56 Å². The van der Waals surface area contributed by atoms with Gasteiger partial charge in [0.05, 0.1) is 15.0 Å². The summed E-state index contributed by atoms with van der Waals surface area (Å²) >= 11 is 0. The fraction of sp³-hybridized carbons (Fsp3) is 0.455. The molecule has 1 aromatic heterocycles. The average molecular weight is 293 g/mol. The number of aliphatic imine (C=N–C) groups is 1. The number of halogens is 3. The van der Waals surface area contributed by atoms with Crippen molar-refractivity contribution in [3.63, 3.8) is 0 Å². The highest BCUT2D eigenvalue weighted by atomic mass is 32.2. The fourth-order valence-electron chi connectivity index (χ4n) is 1.33. The summed E-state index contributed by atoms with van der Waals surface area (Å²) in [7, 11) is -2.60. The molecule has 4 nitrogen and oxygen atoms in total. The molecule has 19 heavy (non-hydrogen) atoms. The number of alkyl halides is 3. The van der Waals surface area contributed by atoms with E-state index >= 15 is 0 Å². The molecule has 0 bridgehead atoms. The van der Waals surface area contributed by atoms with Gasteiger partial charge in [-0.15, -0.1) is 0 Å². The molecular weight excluding hydrogens is 279 g/mol. The van der Waals surface area contributed by atoms with Gasteiger partial charge in [0.15, 0.2) is 0 Å². The minimum atomic E-state index is -4.48. The van der Waals surface area contributed by atoms with Crippen LogP contribution in [0.4, 0.5) is 13.2 Å². The molecule has 1 unspecified atom stereocenters. The van der Waals surface area contributed by atoms with Crippen LogP contribution < -0.4 is 0 Å². The molecule has 0 saturated carbocycles. The van der Waals surface area contributed by atoms with E-state index in [9.17, 15) is 17.4 Å². The molecule has 0 aromatic carbocycles. The topological polar surface area (TPSA) is 54.7 Å². The zero-order valence-corrected chi connectivity index (χ0v) is 11.3. The minimum Gasteiger partial charge on any atom is -0.277 e. The van der Waals surface area contributed by atoms with Crippen LogP contribution in [0, 0.1) is 0 Å². The first-order valence-corrected chi connectivity index (χ1v) is 7.29. The molecule has 0 amide bonds. The van der Waals surface area contributed by atoms with E-state index in [2.05, 4.69) is 21.1 Å². The lowest BCUT2D eigenvalue weighted by atomic mass is 10.2. The molecule has 0 aliphatic rings. The zero-order chi connectivity index (χ0) is 14.7. The second kappa shape index (κ2) is 5.68. The van der Waals surface area contributed by atoms with Crippen molar-refractivity contribution in [1.82, 2.24) is 4.98 Å². The summed E-state index contributed by atoms with van der Waals surface area (Å²) in [6.07, 6.45) is -1.97. The lowest BCUT2D eigenvalue weighted by Crippen LogP contribution is -2.11. The van der Waals surface area contributed by atoms with E-state index in [4.69, 9.17) is 0 Å². The van der Waals surface area contributed by atoms with Gasteiger partial charge in [0.25, 0.3) is 0 Å². The predicted octanol–water partition coefficient (Wildman–Crippen LogP) is 2.92. The number of nitrogens with zero attached hydrogens (tertiary/aromatic N) is 3. The third kappa shape index (κ3) is 4.02. The van der Waals surface area contributed by atoms with Crippen molar-refractivity contribution >= 4 is 16.4 Å². The van der Waals surface area contributed by atoms with Crippen LogP contribution in [0.3, 0.4) is 0 Å². The van der Waals surface area contributed by atoms with Gasteiger partial charge in [-0.1, -0.05) is 6.07 Å². The van der Waals surface area contributed by atoms with Gasteiger partial charge in [0, 0.05) is 12.5 Å². The van der Waals surface area contributed by atoms with Gasteiger partial charge in [-0.25, -0.2) is 8.57 Å². The lowest BCUT2D eigenvalue weighted by Gasteiger charge is -2.14. The molecule has 1 rings (SSSR count). The van der Waals surface area contributed by atoms with Gasteiger partial charge < -0.3 is 0 Å². The highest BCUT2D eigenvalue weighted by Gasteiger charge is 2.32. The maximum Gasteiger partial charge on any atom is 0.433 e. The van der Waals surface area contributed by atoms with E-state index in [0.717, 1.165) is 12.3 Å². The molecule has 1 aromatic rings. The van der Waals surface area contributed by atoms with Crippen LogP contribution in [-0.4, -0.2) is 28.8 Å². The summed E-state index contributed by atoms with van der Waals surface area (Å²) in [4.78, 5) is 6.82. The SMILES string of the molecule is C=NCN=S(C)(=O)[C@H](C)c1ccc(C(F)(F)F)nc1. The zero-order valence-electron chi connectivity index (χ0n) is 10.5. The number of rotatable bonds is 4. The Kier molecular flexibility index (Phi) is 4.67. The maximum atomic E-state index is 12.4. The summed E-state index contributed by atoms with van der Waals surface area (Å²) in [5.41, 5.74) is -0.538. The van der Waals surface area contributed by atoms with Crippen LogP contribution in [0.1, 0.15) is 23.4 Å². The van der Waals surface area contributed by atoms with Crippen LogP contribution in [0.5, 0.6) is 0 Å². The normalized spacial score (nSPS) is 16.5. The van der Waals surface area contributed by atoms with E-state index in [1.54, 1.807) is 6.92 Å². The molecule has 0 aliphatic carbocycles. The number of aromatic nitrogens is 1. The molecule has 0 fully saturated rings. The Labute approximate surface area is 110 Å². The van der Waals surface area contributed by atoms with Crippen molar-refractivity contribution in [2.24, 2.45) is 9.36 Å². The second-order valence-corrected chi connectivity index (χ2v) is 6.66. The van der Waals surface area contributed by atoms with Crippen molar-refractivity contribution in [3.05, 3.63) is 29.6 Å². The van der Waals surface area contributed by atoms with Crippen LogP contribution in [0.2, 0.25) is 0 Å². The van der Waals surface area contributed by atoms with Gasteiger partial charge in [-0.05, 0) is 25.3 Å². The summed E-state index contributed by atoms with van der Waals surface area (Å²) in [5, 5.41) is -0.538. The Bertz CT molecular complexity index is 560. The van der Waals surface area contributed by atoms with Crippen LogP contribution >= 0.6 is 0 Å². The summed E-state index contributed by atoms with van der Waals surface area (Å²) in [5.74, 6) is 0. The quantitative estimate of drug-likeness (QED) is 0.801. The molecule has 8 heteroatoms. The van der Waals surface area contributed by atoms with Gasteiger partial charge in [0.1, 0.15) is 12.4 Å². The molecule has 0 N–H and O–H groups in total. The van der Waals surface area contributed by atoms with Crippen molar-refractivity contribution in [2.45, 2.75) is 18.3 Å². The maximum absolute atomic E-state index is 12.4. The van der Waals surface area contributed by atoms with Gasteiger partial charge in [-0.3, -0.25) is 9.98 Å². The van der Waals surface area contributed by atoms with E-state index in [1.807, 2.05) is 0 Å². The van der Waals surface area contributed by atoms with Gasteiger partial charge >= 0.3 is 6.18 Å². The summed E-state index contributed by atoms with van der Waals surface area (Å²) in [6.45, 7) is 4.85. The Hall–Kier alpha value is -1.44. The number of hydrogen-bond donors (Lipinski definition) is 0. The molecule has 0 spiro atoms. The molecule has 0 aliphatic heterocycles. The van der Waals surface area contributed by atoms with Crippen LogP contribution in [-0.2, 0) is 15.9 Å². The largest absolute Gasteiger partial charge is 0.433 e. The minimum absolute atomic E-state index is 0.00621. The monoisotopic (exact) mass is 293 g/mol. The molecule has 2 atom stereocenters. The van der Waals surface area contributed by atoms with E-state index in [1.165, 1.54) is 12.3 Å². The fourth-order valence-corrected chi connectivity index (χ4v) is 2.51. The average Bonchev–Trinajstić information content (AvgIpc) is 2.34. The van der Waals surface area contributed by atoms with E-state index < -0.39 is 26.8 Å². The predicted molar refractivity (Wildman–Crippen MR) is 68.6 cm³/mol. The molecule has 1 heterocycles. The Morgan fingerprint density at radius 3 is 2.53 bits per heavy atom. The Balaban J connectivity index is 3.05. The Morgan fingerprint density at radius 1 is 1.47 bits per heavy atom. The molecule has 106 valence electrons. The van der Waals surface area contributed by atoms with Crippen LogP contribution in [0.15, 0.2) is 27.7 Å². The van der Waals surface area contributed by atoms with Gasteiger partial charge in [-0.2, -0.15) is 13.2 Å². The highest BCUT2D eigenvalue weighted by Crippen LogP contribution is 2.29. The van der Waals surface area contributed by atoms with Crippen molar-refractivity contribution in [2.75, 3.05) is 12.9 Å². The smallest absolute Gasteiger partial charge is 0.277 e. The lowest BCUT2D eigenvalue weighted by molar-refractivity contribution is -0.141. The first kappa shape index (κ1) is 15.6. The van der Waals surface area contributed by atoms with Crippen LogP contribution in [0.25, 0.3) is 0 Å². The van der Waals surface area contributed by atoms with Gasteiger partial charge in [0.2, 0.25) is 0 Å². The molecular formula is C11H14F3N3OS. The first-order valence-electron chi connectivity index (χ1n) is 5.31.